The van der Waals surface area contributed by atoms with Gasteiger partial charge in [0, 0.05) is 12.8 Å². The zero-order chi connectivity index (χ0) is 17.9. The summed E-state index contributed by atoms with van der Waals surface area (Å²) >= 11 is 0.857. The second-order valence-corrected chi connectivity index (χ2v) is 6.87. The van der Waals surface area contributed by atoms with E-state index >= 15 is 0 Å². The Morgan fingerprint density at radius 3 is 1.43 bits per heavy atom. The highest BCUT2D eigenvalue weighted by molar-refractivity contribution is 7.99. The molecule has 0 fully saturated rings. The average Bonchev–Trinajstić information content (AvgIpc) is 2.47. The molecule has 0 aromatic carbocycles. The number of hydrogen-bond donors (Lipinski definition) is 2. The van der Waals surface area contributed by atoms with Crippen LogP contribution in [0.15, 0.2) is 0 Å². The van der Waals surface area contributed by atoms with E-state index in [1.54, 1.807) is 0 Å². The maximum Gasteiger partial charge on any atom is 0.331 e. The van der Waals surface area contributed by atoms with Crippen LogP contribution in [0.3, 0.4) is 0 Å². The van der Waals surface area contributed by atoms with Gasteiger partial charge in [-0.25, -0.2) is 0 Å². The van der Waals surface area contributed by atoms with Gasteiger partial charge in [0.05, 0.1) is 21.4 Å². The Morgan fingerprint density at radius 1 is 0.826 bits per heavy atom. The topological polar surface area (TPSA) is 127 Å². The fourth-order valence-corrected chi connectivity index (χ4v) is 3.38. The van der Waals surface area contributed by atoms with Crippen LogP contribution in [0.4, 0.5) is 0 Å². The van der Waals surface area contributed by atoms with Crippen molar-refractivity contribution in [3.05, 3.63) is 20.2 Å². The van der Waals surface area contributed by atoms with E-state index in [1.807, 2.05) is 13.8 Å². The first-order valence-electron chi connectivity index (χ1n) is 8.03. The maximum atomic E-state index is 11.1. The highest BCUT2D eigenvalue weighted by atomic mass is 32.2. The lowest BCUT2D eigenvalue weighted by molar-refractivity contribution is -0.620. The number of rotatable bonds is 14. The minimum absolute atomic E-state index is 0.00751. The molecule has 0 aliphatic carbocycles. The molecule has 0 bridgehead atoms. The van der Waals surface area contributed by atoms with Crippen LogP contribution in [0.1, 0.15) is 65.2 Å². The van der Waals surface area contributed by atoms with Crippen molar-refractivity contribution in [2.75, 3.05) is 11.5 Å². The molecule has 2 unspecified atom stereocenters. The standard InChI is InChI=1S/C14H28N2O6S/c1-3-5-7-9-13(17,15(19)20)11-23-12-14(18,16(21)22)10-8-6-4-2/h17-18H,3-12H2,1-2H3. The molecule has 8 nitrogen and oxygen atoms in total. The van der Waals surface area contributed by atoms with Gasteiger partial charge in [0.15, 0.2) is 0 Å². The molecule has 0 rings (SSSR count). The van der Waals surface area contributed by atoms with E-state index in [-0.39, 0.29) is 24.3 Å². The van der Waals surface area contributed by atoms with Crippen molar-refractivity contribution >= 4 is 11.8 Å². The molecule has 0 aliphatic rings. The predicted molar refractivity (Wildman–Crippen MR) is 89.5 cm³/mol. The van der Waals surface area contributed by atoms with E-state index in [2.05, 4.69) is 0 Å². The quantitative estimate of drug-likeness (QED) is 0.213. The highest BCUT2D eigenvalue weighted by Crippen LogP contribution is 2.26. The molecular weight excluding hydrogens is 324 g/mol. The zero-order valence-electron chi connectivity index (χ0n) is 13.9. The first-order chi connectivity index (χ1) is 10.7. The summed E-state index contributed by atoms with van der Waals surface area (Å²) in [6.07, 6.45) is 4.35. The molecule has 0 saturated heterocycles. The van der Waals surface area contributed by atoms with Crippen LogP contribution in [0.2, 0.25) is 0 Å². The smallest absolute Gasteiger partial charge is 0.330 e. The molecule has 0 radical (unpaired) electrons. The summed E-state index contributed by atoms with van der Waals surface area (Å²) in [6, 6.07) is 0. The monoisotopic (exact) mass is 352 g/mol. The predicted octanol–water partition coefficient (Wildman–Crippen LogP) is 2.81. The number of thioether (sulfide) groups is 1. The summed E-state index contributed by atoms with van der Waals surface area (Å²) in [5.74, 6) is -0.540. The molecule has 9 heteroatoms. The van der Waals surface area contributed by atoms with Crippen molar-refractivity contribution < 1.29 is 20.1 Å². The fourth-order valence-electron chi connectivity index (χ4n) is 2.13. The van der Waals surface area contributed by atoms with Gasteiger partial charge in [0.1, 0.15) is 0 Å². The van der Waals surface area contributed by atoms with Crippen molar-refractivity contribution in [3.63, 3.8) is 0 Å². The molecule has 0 spiro atoms. The number of hydrogen-bond acceptors (Lipinski definition) is 7. The van der Waals surface area contributed by atoms with Crippen LogP contribution in [0.5, 0.6) is 0 Å². The summed E-state index contributed by atoms with van der Waals surface area (Å²) in [5, 5.41) is 42.3. The lowest BCUT2D eigenvalue weighted by Gasteiger charge is -2.22. The Morgan fingerprint density at radius 2 is 1.17 bits per heavy atom. The van der Waals surface area contributed by atoms with Gasteiger partial charge in [0.2, 0.25) is 0 Å². The van der Waals surface area contributed by atoms with Gasteiger partial charge in [-0.15, -0.1) is 11.8 Å². The molecule has 0 heterocycles. The highest BCUT2D eigenvalue weighted by Gasteiger charge is 2.44. The summed E-state index contributed by atoms with van der Waals surface area (Å²) in [4.78, 5) is 20.6. The molecule has 0 saturated carbocycles. The van der Waals surface area contributed by atoms with Crippen LogP contribution < -0.4 is 0 Å². The van der Waals surface area contributed by atoms with Crippen LogP contribution in [0, 0.1) is 20.2 Å². The number of nitro groups is 2. The normalized spacial score (nSPS) is 16.5. The first kappa shape index (κ1) is 22.1. The average molecular weight is 352 g/mol. The third kappa shape index (κ3) is 7.94. The van der Waals surface area contributed by atoms with Crippen molar-refractivity contribution in [2.24, 2.45) is 0 Å². The molecule has 0 amide bonds. The Bertz CT molecular complexity index is 350. The number of nitrogens with zero attached hydrogens (tertiary/aromatic N) is 2. The van der Waals surface area contributed by atoms with E-state index in [4.69, 9.17) is 0 Å². The lowest BCUT2D eigenvalue weighted by Crippen LogP contribution is -2.44. The van der Waals surface area contributed by atoms with Crippen molar-refractivity contribution in [1.82, 2.24) is 0 Å². The van der Waals surface area contributed by atoms with Gasteiger partial charge in [-0.2, -0.15) is 0 Å². The third-order valence-electron chi connectivity index (χ3n) is 3.71. The van der Waals surface area contributed by atoms with Crippen LogP contribution in [0.25, 0.3) is 0 Å². The third-order valence-corrected chi connectivity index (χ3v) is 5.04. The van der Waals surface area contributed by atoms with E-state index in [0.29, 0.717) is 12.8 Å². The second-order valence-electron chi connectivity index (χ2n) is 5.89. The van der Waals surface area contributed by atoms with Crippen molar-refractivity contribution in [2.45, 2.75) is 76.7 Å². The summed E-state index contributed by atoms with van der Waals surface area (Å²) in [7, 11) is 0. The van der Waals surface area contributed by atoms with E-state index in [1.165, 1.54) is 0 Å². The first-order valence-corrected chi connectivity index (χ1v) is 9.19. The fraction of sp³-hybridized carbons (Fsp3) is 1.00. The van der Waals surface area contributed by atoms with Crippen molar-refractivity contribution in [1.29, 1.82) is 0 Å². The van der Waals surface area contributed by atoms with Gasteiger partial charge in [0.25, 0.3) is 0 Å². The molecule has 0 aromatic heterocycles. The Labute approximate surface area is 141 Å². The van der Waals surface area contributed by atoms with Crippen LogP contribution >= 0.6 is 11.8 Å². The zero-order valence-corrected chi connectivity index (χ0v) is 14.7. The molecular formula is C14H28N2O6S. The van der Waals surface area contributed by atoms with Gasteiger partial charge < -0.3 is 10.2 Å². The molecule has 0 aliphatic heterocycles. The summed E-state index contributed by atoms with van der Waals surface area (Å²) in [6.45, 7) is 3.90. The number of aliphatic hydroxyl groups is 2. The van der Waals surface area contributed by atoms with E-state index in [9.17, 15) is 30.4 Å². The van der Waals surface area contributed by atoms with Crippen LogP contribution in [-0.4, -0.2) is 43.0 Å². The van der Waals surface area contributed by atoms with Crippen molar-refractivity contribution in [3.8, 4) is 0 Å². The minimum atomic E-state index is -2.10. The Kier molecular flexibility index (Phi) is 10.3. The SMILES string of the molecule is CCCCCC(O)(CSCC(O)(CCCCC)[N+](=O)[O-])[N+](=O)[O-]. The summed E-state index contributed by atoms with van der Waals surface area (Å²) < 4.78 is 0. The Balaban J connectivity index is 4.57. The molecule has 23 heavy (non-hydrogen) atoms. The van der Waals surface area contributed by atoms with Gasteiger partial charge in [-0.1, -0.05) is 39.5 Å². The molecule has 2 atom stereocenters. The van der Waals surface area contributed by atoms with Crippen LogP contribution in [-0.2, 0) is 0 Å². The maximum absolute atomic E-state index is 11.1. The lowest BCUT2D eigenvalue weighted by atomic mass is 10.1. The largest absolute Gasteiger partial charge is 0.331 e. The van der Waals surface area contributed by atoms with E-state index < -0.39 is 21.3 Å². The molecule has 0 aromatic rings. The second kappa shape index (κ2) is 10.8. The summed E-state index contributed by atoms with van der Waals surface area (Å²) in [5.41, 5.74) is -4.19. The minimum Gasteiger partial charge on any atom is -0.330 e. The van der Waals surface area contributed by atoms with Gasteiger partial charge in [-0.3, -0.25) is 20.2 Å². The Hall–Kier alpha value is -0.930. The number of unbranched alkanes of at least 4 members (excludes halogenated alkanes) is 4. The van der Waals surface area contributed by atoms with Gasteiger partial charge >= 0.3 is 11.4 Å². The molecule has 136 valence electrons. The molecule has 2 N–H and O–H groups in total. The van der Waals surface area contributed by atoms with E-state index in [0.717, 1.165) is 37.4 Å². The van der Waals surface area contributed by atoms with Gasteiger partial charge in [-0.05, 0) is 12.8 Å².